The van der Waals surface area contributed by atoms with E-state index in [-0.39, 0.29) is 0 Å². The molecule has 0 spiro atoms. The minimum atomic E-state index is 0.542. The van der Waals surface area contributed by atoms with E-state index in [1.165, 1.54) is 0 Å². The molecule has 10 heavy (non-hydrogen) atoms. The molecule has 0 saturated heterocycles. The third kappa shape index (κ3) is 3.44. The lowest BCUT2D eigenvalue weighted by Crippen LogP contribution is -1.90. The molecule has 1 unspecified atom stereocenters. The molecule has 0 aromatic carbocycles. The molecule has 0 aliphatic heterocycles. The number of carbonyl (C=O) groups is 1. The average molecular weight is 140 g/mol. The molecule has 0 rings (SSSR count). The molecule has 0 N–H and O–H groups in total. The molecule has 0 fully saturated rings. The van der Waals surface area contributed by atoms with Gasteiger partial charge >= 0.3 is 0 Å². The highest BCUT2D eigenvalue weighted by atomic mass is 16.1. The van der Waals surface area contributed by atoms with Crippen LogP contribution in [0.5, 0.6) is 0 Å². The Labute approximate surface area is 63.1 Å². The zero-order valence-electron chi connectivity index (χ0n) is 7.05. The van der Waals surface area contributed by atoms with Gasteiger partial charge in [0.2, 0.25) is 0 Å². The first-order valence-electron chi connectivity index (χ1n) is 3.90. The molecule has 0 aliphatic rings. The molecule has 0 saturated carbocycles. The molecule has 1 heteroatoms. The van der Waals surface area contributed by atoms with Gasteiger partial charge in [-0.3, -0.25) is 4.79 Å². The zero-order valence-corrected chi connectivity index (χ0v) is 7.05. The predicted octanol–water partition coefficient (Wildman–Crippen LogP) is 2.57. The van der Waals surface area contributed by atoms with Crippen LogP contribution in [0.2, 0.25) is 0 Å². The van der Waals surface area contributed by atoms with Crippen LogP contribution >= 0.6 is 0 Å². The van der Waals surface area contributed by atoms with E-state index in [2.05, 4.69) is 13.8 Å². The summed E-state index contributed by atoms with van der Waals surface area (Å²) >= 11 is 0. The van der Waals surface area contributed by atoms with Crippen molar-refractivity contribution in [3.05, 3.63) is 11.6 Å². The van der Waals surface area contributed by atoms with Gasteiger partial charge in [0.1, 0.15) is 6.29 Å². The smallest absolute Gasteiger partial charge is 0.145 e. The van der Waals surface area contributed by atoms with E-state index in [1.54, 1.807) is 0 Å². The fraction of sp³-hybridized carbons (Fsp3) is 0.667. The highest BCUT2D eigenvalue weighted by molar-refractivity contribution is 5.72. The normalized spacial score (nSPS) is 14.9. The molecule has 1 atom stereocenters. The second-order valence-electron chi connectivity index (χ2n) is 2.60. The summed E-state index contributed by atoms with van der Waals surface area (Å²) in [6.07, 6.45) is 4.96. The minimum Gasteiger partial charge on any atom is -0.298 e. The number of rotatable bonds is 4. The summed E-state index contributed by atoms with van der Waals surface area (Å²) in [4.78, 5) is 10.3. The maximum absolute atomic E-state index is 10.3. The van der Waals surface area contributed by atoms with E-state index in [0.29, 0.717) is 5.92 Å². The molecule has 58 valence electrons. The van der Waals surface area contributed by atoms with Crippen molar-refractivity contribution in [3.63, 3.8) is 0 Å². The van der Waals surface area contributed by atoms with E-state index < -0.39 is 0 Å². The van der Waals surface area contributed by atoms with Gasteiger partial charge in [-0.1, -0.05) is 33.3 Å². The van der Waals surface area contributed by atoms with Gasteiger partial charge < -0.3 is 0 Å². The van der Waals surface area contributed by atoms with Crippen molar-refractivity contribution >= 4 is 6.29 Å². The highest BCUT2D eigenvalue weighted by Crippen LogP contribution is 2.07. The summed E-state index contributed by atoms with van der Waals surface area (Å²) in [6.45, 7) is 6.25. The Bertz CT molecular complexity index is 125. The van der Waals surface area contributed by atoms with Gasteiger partial charge in [-0.15, -0.1) is 0 Å². The van der Waals surface area contributed by atoms with E-state index >= 15 is 0 Å². The molecule has 0 radical (unpaired) electrons. The first kappa shape index (κ1) is 9.41. The SMILES string of the molecule is CC/C(C=O)=C/C(C)CC. The highest BCUT2D eigenvalue weighted by Gasteiger charge is 1.95. The second-order valence-corrected chi connectivity index (χ2v) is 2.60. The van der Waals surface area contributed by atoms with Gasteiger partial charge in [0, 0.05) is 0 Å². The van der Waals surface area contributed by atoms with Gasteiger partial charge in [0.05, 0.1) is 0 Å². The Morgan fingerprint density at radius 1 is 1.50 bits per heavy atom. The van der Waals surface area contributed by atoms with Gasteiger partial charge in [0.15, 0.2) is 0 Å². The zero-order chi connectivity index (χ0) is 7.98. The quantitative estimate of drug-likeness (QED) is 0.433. The Kier molecular flexibility index (Phi) is 4.91. The van der Waals surface area contributed by atoms with Crippen LogP contribution in [0.3, 0.4) is 0 Å². The van der Waals surface area contributed by atoms with Crippen LogP contribution in [0.4, 0.5) is 0 Å². The first-order chi connectivity index (χ1) is 4.74. The van der Waals surface area contributed by atoms with Gasteiger partial charge in [-0.2, -0.15) is 0 Å². The van der Waals surface area contributed by atoms with Crippen LogP contribution in [-0.4, -0.2) is 6.29 Å². The van der Waals surface area contributed by atoms with Crippen molar-refractivity contribution in [1.82, 2.24) is 0 Å². The number of hydrogen-bond donors (Lipinski definition) is 0. The maximum atomic E-state index is 10.3. The van der Waals surface area contributed by atoms with Crippen LogP contribution in [0.1, 0.15) is 33.6 Å². The van der Waals surface area contributed by atoms with Crippen molar-refractivity contribution in [2.75, 3.05) is 0 Å². The number of carbonyl (C=O) groups excluding carboxylic acids is 1. The van der Waals surface area contributed by atoms with Crippen LogP contribution < -0.4 is 0 Å². The lowest BCUT2D eigenvalue weighted by atomic mass is 10.0. The van der Waals surface area contributed by atoms with Gasteiger partial charge in [-0.25, -0.2) is 0 Å². The number of hydrogen-bond acceptors (Lipinski definition) is 1. The monoisotopic (exact) mass is 140 g/mol. The molecule has 0 aromatic heterocycles. The fourth-order valence-electron chi connectivity index (χ4n) is 0.724. The van der Waals surface area contributed by atoms with Crippen molar-refractivity contribution in [3.8, 4) is 0 Å². The molecule has 0 amide bonds. The Hall–Kier alpha value is -0.590. The van der Waals surface area contributed by atoms with E-state index in [0.717, 1.165) is 24.7 Å². The molecule has 0 aliphatic carbocycles. The standard InChI is InChI=1S/C9H16O/c1-4-8(3)6-9(5-2)7-10/h6-8H,4-5H2,1-3H3/b9-6-. The molecule has 1 nitrogen and oxygen atoms in total. The van der Waals surface area contributed by atoms with Crippen molar-refractivity contribution in [1.29, 1.82) is 0 Å². The second kappa shape index (κ2) is 5.21. The maximum Gasteiger partial charge on any atom is 0.145 e. The Morgan fingerprint density at radius 3 is 2.40 bits per heavy atom. The molecule has 0 bridgehead atoms. The molecule has 0 heterocycles. The summed E-state index contributed by atoms with van der Waals surface area (Å²) < 4.78 is 0. The average Bonchev–Trinajstić information content (AvgIpc) is 1.99. The van der Waals surface area contributed by atoms with Crippen LogP contribution in [0.25, 0.3) is 0 Å². The van der Waals surface area contributed by atoms with Crippen molar-refractivity contribution in [2.24, 2.45) is 5.92 Å². The molecular formula is C9H16O. The molecular weight excluding hydrogens is 124 g/mol. The number of aldehydes is 1. The predicted molar refractivity (Wildman–Crippen MR) is 43.9 cm³/mol. The third-order valence-corrected chi connectivity index (χ3v) is 1.70. The summed E-state index contributed by atoms with van der Waals surface area (Å²) in [5, 5.41) is 0. The third-order valence-electron chi connectivity index (χ3n) is 1.70. The Balaban J connectivity index is 3.95. The number of allylic oxidation sites excluding steroid dienone is 2. The summed E-state index contributed by atoms with van der Waals surface area (Å²) in [5.41, 5.74) is 0.925. The summed E-state index contributed by atoms with van der Waals surface area (Å²) in [5.74, 6) is 0.542. The topological polar surface area (TPSA) is 17.1 Å². The largest absolute Gasteiger partial charge is 0.298 e. The van der Waals surface area contributed by atoms with Crippen LogP contribution in [0, 0.1) is 5.92 Å². The summed E-state index contributed by atoms with van der Waals surface area (Å²) in [6, 6.07) is 0. The van der Waals surface area contributed by atoms with E-state index in [4.69, 9.17) is 0 Å². The van der Waals surface area contributed by atoms with Crippen LogP contribution in [-0.2, 0) is 4.79 Å². The Morgan fingerprint density at radius 2 is 2.10 bits per heavy atom. The van der Waals surface area contributed by atoms with E-state index in [9.17, 15) is 4.79 Å². The van der Waals surface area contributed by atoms with Gasteiger partial charge in [0.25, 0.3) is 0 Å². The summed E-state index contributed by atoms with van der Waals surface area (Å²) in [7, 11) is 0. The van der Waals surface area contributed by atoms with Crippen molar-refractivity contribution < 1.29 is 4.79 Å². The first-order valence-corrected chi connectivity index (χ1v) is 3.90. The van der Waals surface area contributed by atoms with Crippen LogP contribution in [0.15, 0.2) is 11.6 Å². The fourth-order valence-corrected chi connectivity index (χ4v) is 0.724. The lowest BCUT2D eigenvalue weighted by molar-refractivity contribution is -0.105. The lowest BCUT2D eigenvalue weighted by Gasteiger charge is -2.01. The van der Waals surface area contributed by atoms with Crippen molar-refractivity contribution in [2.45, 2.75) is 33.6 Å². The van der Waals surface area contributed by atoms with E-state index in [1.807, 2.05) is 13.0 Å². The minimum absolute atomic E-state index is 0.542. The molecule has 0 aromatic rings. The van der Waals surface area contributed by atoms with Gasteiger partial charge in [-0.05, 0) is 17.9 Å².